The third-order valence-corrected chi connectivity index (χ3v) is 5.63. The molecule has 1 atom stereocenters. The lowest BCUT2D eigenvalue weighted by Gasteiger charge is -2.29. The lowest BCUT2D eigenvalue weighted by Crippen LogP contribution is -2.69. The van der Waals surface area contributed by atoms with Gasteiger partial charge in [0.05, 0.1) is 10.6 Å². The Morgan fingerprint density at radius 2 is 1.62 bits per heavy atom. The summed E-state index contributed by atoms with van der Waals surface area (Å²) in [5, 5.41) is 1.33. The summed E-state index contributed by atoms with van der Waals surface area (Å²) >= 11 is 0. The minimum absolute atomic E-state index is 0.0967. The highest BCUT2D eigenvalue weighted by Crippen LogP contribution is 2.37. The van der Waals surface area contributed by atoms with E-state index in [-0.39, 0.29) is 4.90 Å². The van der Waals surface area contributed by atoms with Crippen LogP contribution in [0.5, 0.6) is 0 Å². The summed E-state index contributed by atoms with van der Waals surface area (Å²) in [5.74, 6) is -3.17. The smallest absolute Gasteiger partial charge is 0.302 e. The average Bonchev–Trinajstić information content (AvgIpc) is 2.86. The van der Waals surface area contributed by atoms with E-state index in [0.717, 1.165) is 24.3 Å². The largest absolute Gasteiger partial charge is 0.435 e. The Kier molecular flexibility index (Phi) is 4.87. The zero-order valence-electron chi connectivity index (χ0n) is 14.6. The quantitative estimate of drug-likeness (QED) is 0.574. The minimum atomic E-state index is -5.57. The van der Waals surface area contributed by atoms with Crippen molar-refractivity contribution < 1.29 is 35.6 Å². The number of nitrogens with one attached hydrogen (secondary N) is 2. The molecule has 2 aromatic rings. The lowest BCUT2D eigenvalue weighted by molar-refractivity contribution is -0.194. The van der Waals surface area contributed by atoms with Gasteiger partial charge in [-0.25, -0.2) is 22.5 Å². The molecule has 3 rings (SSSR count). The average molecular weight is 431 g/mol. The maximum atomic E-state index is 14.0. The van der Waals surface area contributed by atoms with Crippen LogP contribution in [0.2, 0.25) is 0 Å². The maximum absolute atomic E-state index is 14.0. The van der Waals surface area contributed by atoms with Gasteiger partial charge in [0, 0.05) is 0 Å². The highest BCUT2D eigenvalue weighted by Gasteiger charge is 2.70. The van der Waals surface area contributed by atoms with Crippen molar-refractivity contribution in [2.45, 2.75) is 23.7 Å². The predicted octanol–water partition coefficient (Wildman–Crippen LogP) is 2.43. The van der Waals surface area contributed by atoms with E-state index in [0.29, 0.717) is 5.56 Å². The van der Waals surface area contributed by atoms with E-state index in [4.69, 9.17) is 0 Å². The number of benzene rings is 2. The van der Waals surface area contributed by atoms with E-state index >= 15 is 0 Å². The predicted molar refractivity (Wildman–Crippen MR) is 92.7 cm³/mol. The fourth-order valence-electron chi connectivity index (χ4n) is 2.68. The molecule has 0 aliphatic carbocycles. The van der Waals surface area contributed by atoms with Crippen molar-refractivity contribution in [3.8, 4) is 0 Å². The molecule has 2 aromatic carbocycles. The minimum Gasteiger partial charge on any atom is -0.302 e. The summed E-state index contributed by atoms with van der Waals surface area (Å²) in [4.78, 5) is 24.1. The third kappa shape index (κ3) is 3.44. The topological polar surface area (TPSA) is 95.6 Å². The number of sulfonamides is 1. The molecule has 0 saturated carbocycles. The van der Waals surface area contributed by atoms with Crippen molar-refractivity contribution in [1.29, 1.82) is 0 Å². The molecule has 3 amide bonds. The molecule has 29 heavy (non-hydrogen) atoms. The number of halogens is 4. The standard InChI is InChI=1S/C17H13F4N3O4S/c1-10-6-8-11(9-7-10)29(27,28)23-16(17(19,20)21)14(25)24(15(26)22-16)13-5-3-2-4-12(13)18/h2-9,23H,1H3,(H,22,26)/t16-/m1/s1. The van der Waals surface area contributed by atoms with Crippen LogP contribution in [0.1, 0.15) is 5.56 Å². The van der Waals surface area contributed by atoms with Crippen molar-refractivity contribution in [3.63, 3.8) is 0 Å². The van der Waals surface area contributed by atoms with Crippen LogP contribution < -0.4 is 14.9 Å². The van der Waals surface area contributed by atoms with E-state index < -0.39 is 50.2 Å². The fraction of sp³-hybridized carbons (Fsp3) is 0.176. The molecule has 2 N–H and O–H groups in total. The molecule has 0 spiro atoms. The van der Waals surface area contributed by atoms with Crippen molar-refractivity contribution in [2.75, 3.05) is 4.90 Å². The van der Waals surface area contributed by atoms with Crippen LogP contribution in [0.25, 0.3) is 0 Å². The van der Waals surface area contributed by atoms with E-state index in [1.54, 1.807) is 6.92 Å². The van der Waals surface area contributed by atoms with Gasteiger partial charge in [-0.05, 0) is 31.2 Å². The van der Waals surface area contributed by atoms with Gasteiger partial charge < -0.3 is 5.32 Å². The van der Waals surface area contributed by atoms with Crippen molar-refractivity contribution >= 4 is 27.6 Å². The molecule has 1 aliphatic heterocycles. The number of para-hydroxylation sites is 1. The molecule has 1 saturated heterocycles. The van der Waals surface area contributed by atoms with Gasteiger partial charge in [0.15, 0.2) is 0 Å². The molecule has 0 aromatic heterocycles. The Morgan fingerprint density at radius 3 is 2.17 bits per heavy atom. The number of anilines is 1. The number of alkyl halides is 3. The molecule has 154 valence electrons. The highest BCUT2D eigenvalue weighted by molar-refractivity contribution is 7.89. The molecule has 7 nitrogen and oxygen atoms in total. The van der Waals surface area contributed by atoms with Gasteiger partial charge in [-0.2, -0.15) is 17.9 Å². The van der Waals surface area contributed by atoms with E-state index in [9.17, 15) is 35.6 Å². The number of imide groups is 1. The van der Waals surface area contributed by atoms with Crippen LogP contribution in [-0.4, -0.2) is 32.2 Å². The first-order valence-electron chi connectivity index (χ1n) is 7.98. The monoisotopic (exact) mass is 431 g/mol. The van der Waals surface area contributed by atoms with Crippen LogP contribution >= 0.6 is 0 Å². The van der Waals surface area contributed by atoms with Gasteiger partial charge in [-0.3, -0.25) is 4.79 Å². The highest BCUT2D eigenvalue weighted by atomic mass is 32.2. The Bertz CT molecular complexity index is 1090. The van der Waals surface area contributed by atoms with Gasteiger partial charge in [0.25, 0.3) is 11.6 Å². The number of amides is 3. The number of rotatable bonds is 4. The van der Waals surface area contributed by atoms with Gasteiger partial charge in [-0.15, -0.1) is 0 Å². The van der Waals surface area contributed by atoms with Gasteiger partial charge in [0.2, 0.25) is 10.0 Å². The Hall–Kier alpha value is -2.99. The number of nitrogens with zero attached hydrogens (tertiary/aromatic N) is 1. The van der Waals surface area contributed by atoms with E-state index in [1.165, 1.54) is 34.3 Å². The van der Waals surface area contributed by atoms with Gasteiger partial charge in [0.1, 0.15) is 5.82 Å². The number of hydrogen-bond donors (Lipinski definition) is 2. The van der Waals surface area contributed by atoms with Crippen LogP contribution in [-0.2, 0) is 14.8 Å². The first-order chi connectivity index (χ1) is 13.4. The van der Waals surface area contributed by atoms with Crippen molar-refractivity contribution in [1.82, 2.24) is 10.0 Å². The molecule has 0 unspecified atom stereocenters. The summed E-state index contributed by atoms with van der Waals surface area (Å²) in [7, 11) is -4.90. The molecular weight excluding hydrogens is 418 g/mol. The molecule has 12 heteroatoms. The summed E-state index contributed by atoms with van der Waals surface area (Å²) in [6, 6.07) is 7.27. The molecule has 0 radical (unpaired) electrons. The first-order valence-corrected chi connectivity index (χ1v) is 9.46. The SMILES string of the molecule is Cc1ccc(S(=O)(=O)N[C@]2(C(F)(F)F)NC(=O)N(c3ccccc3F)C2=O)cc1. The van der Waals surface area contributed by atoms with Crippen molar-refractivity contribution in [2.24, 2.45) is 0 Å². The number of carbonyl (C=O) groups is 2. The summed E-state index contributed by atoms with van der Waals surface area (Å²) < 4.78 is 81.8. The van der Waals surface area contributed by atoms with E-state index in [2.05, 4.69) is 0 Å². The maximum Gasteiger partial charge on any atom is 0.435 e. The Balaban J connectivity index is 2.09. The molecular formula is C17H13F4N3O4S. The van der Waals surface area contributed by atoms with Gasteiger partial charge >= 0.3 is 12.2 Å². The van der Waals surface area contributed by atoms with Crippen LogP contribution in [0.3, 0.4) is 0 Å². The zero-order chi connectivity index (χ0) is 21.6. The van der Waals surface area contributed by atoms with Crippen LogP contribution in [0.15, 0.2) is 53.4 Å². The Labute approximate surface area is 162 Å². The normalized spacial score (nSPS) is 20.1. The number of carbonyl (C=O) groups excluding carboxylic acids is 2. The molecule has 1 fully saturated rings. The Morgan fingerprint density at radius 1 is 1.03 bits per heavy atom. The zero-order valence-corrected chi connectivity index (χ0v) is 15.4. The number of hydrogen-bond acceptors (Lipinski definition) is 4. The third-order valence-electron chi connectivity index (χ3n) is 4.16. The van der Waals surface area contributed by atoms with E-state index in [1.807, 2.05) is 0 Å². The summed E-state index contributed by atoms with van der Waals surface area (Å²) in [6.07, 6.45) is -5.57. The summed E-state index contributed by atoms with van der Waals surface area (Å²) in [5.41, 5.74) is -4.11. The van der Waals surface area contributed by atoms with Crippen LogP contribution in [0, 0.1) is 12.7 Å². The molecule has 1 aliphatic rings. The summed E-state index contributed by atoms with van der Waals surface area (Å²) in [6.45, 7) is 1.63. The second-order valence-corrected chi connectivity index (χ2v) is 7.87. The molecule has 1 heterocycles. The van der Waals surface area contributed by atoms with Gasteiger partial charge in [-0.1, -0.05) is 29.8 Å². The van der Waals surface area contributed by atoms with Crippen molar-refractivity contribution in [3.05, 3.63) is 59.9 Å². The van der Waals surface area contributed by atoms with Crippen LogP contribution in [0.4, 0.5) is 28.0 Å². The second kappa shape index (κ2) is 6.81. The second-order valence-electron chi connectivity index (χ2n) is 6.19. The first kappa shape index (κ1) is 20.7. The number of aryl methyl sites for hydroxylation is 1. The molecule has 0 bridgehead atoms. The fourth-order valence-corrected chi connectivity index (χ4v) is 3.95. The lowest BCUT2D eigenvalue weighted by atomic mass is 10.1. The number of urea groups is 1.